The molecule has 1 aromatic rings. The molecule has 0 bridgehead atoms. The van der Waals surface area contributed by atoms with Gasteiger partial charge in [0.1, 0.15) is 5.92 Å². The van der Waals surface area contributed by atoms with E-state index in [0.717, 1.165) is 37.4 Å². The molecule has 0 saturated carbocycles. The zero-order valence-corrected chi connectivity index (χ0v) is 11.4. The lowest BCUT2D eigenvalue weighted by atomic mass is 9.92. The van der Waals surface area contributed by atoms with Crippen LogP contribution in [0.1, 0.15) is 37.7 Å². The number of nitriles is 1. The summed E-state index contributed by atoms with van der Waals surface area (Å²) in [5, 5.41) is 9.28. The normalized spacial score (nSPS) is 17.8. The van der Waals surface area contributed by atoms with E-state index in [1.165, 1.54) is 6.42 Å². The third kappa shape index (κ3) is 3.14. The molecule has 2 rings (SSSR count). The van der Waals surface area contributed by atoms with Crippen LogP contribution in [0.2, 0.25) is 0 Å². The van der Waals surface area contributed by atoms with Gasteiger partial charge >= 0.3 is 0 Å². The van der Waals surface area contributed by atoms with Crippen molar-refractivity contribution in [1.29, 1.82) is 5.26 Å². The summed E-state index contributed by atoms with van der Waals surface area (Å²) >= 11 is 0. The molecule has 1 fully saturated rings. The molecule has 0 aromatic heterocycles. The first-order valence-electron chi connectivity index (χ1n) is 6.99. The van der Waals surface area contributed by atoms with E-state index in [-0.39, 0.29) is 5.91 Å². The molecular weight excluding hydrogens is 236 g/mol. The van der Waals surface area contributed by atoms with E-state index < -0.39 is 5.92 Å². The summed E-state index contributed by atoms with van der Waals surface area (Å²) in [6, 6.07) is 11.5. The largest absolute Gasteiger partial charge is 0.341 e. The van der Waals surface area contributed by atoms with Gasteiger partial charge in [0, 0.05) is 13.1 Å². The number of nitrogens with zero attached hydrogens (tertiary/aromatic N) is 2. The van der Waals surface area contributed by atoms with Gasteiger partial charge in [-0.3, -0.25) is 4.79 Å². The maximum absolute atomic E-state index is 12.4. The third-order valence-electron chi connectivity index (χ3n) is 4.01. The van der Waals surface area contributed by atoms with Crippen molar-refractivity contribution >= 4 is 5.91 Å². The Balaban J connectivity index is 2.05. The summed E-state index contributed by atoms with van der Waals surface area (Å²) in [6.07, 6.45) is 3.31. The average Bonchev–Trinajstić information content (AvgIpc) is 2.49. The van der Waals surface area contributed by atoms with E-state index in [2.05, 4.69) is 13.0 Å². The van der Waals surface area contributed by atoms with Gasteiger partial charge in [-0.15, -0.1) is 0 Å². The molecule has 1 aliphatic rings. The molecule has 19 heavy (non-hydrogen) atoms. The van der Waals surface area contributed by atoms with Crippen LogP contribution >= 0.6 is 0 Å². The third-order valence-corrected chi connectivity index (χ3v) is 4.01. The molecule has 3 heteroatoms. The van der Waals surface area contributed by atoms with Crippen molar-refractivity contribution in [2.24, 2.45) is 5.92 Å². The molecule has 0 aliphatic carbocycles. The fraction of sp³-hybridized carbons (Fsp3) is 0.500. The van der Waals surface area contributed by atoms with Crippen LogP contribution in [-0.2, 0) is 4.79 Å². The zero-order chi connectivity index (χ0) is 13.7. The van der Waals surface area contributed by atoms with Crippen molar-refractivity contribution in [3.05, 3.63) is 35.9 Å². The van der Waals surface area contributed by atoms with E-state index in [0.29, 0.717) is 0 Å². The van der Waals surface area contributed by atoms with Gasteiger partial charge in [0.05, 0.1) is 6.07 Å². The minimum absolute atomic E-state index is 0.0387. The van der Waals surface area contributed by atoms with Crippen LogP contribution in [0, 0.1) is 17.2 Å². The molecule has 1 unspecified atom stereocenters. The van der Waals surface area contributed by atoms with E-state index in [1.807, 2.05) is 35.2 Å². The summed E-state index contributed by atoms with van der Waals surface area (Å²) in [4.78, 5) is 14.3. The highest BCUT2D eigenvalue weighted by atomic mass is 16.2. The first kappa shape index (κ1) is 13.6. The Bertz CT molecular complexity index is 455. The Morgan fingerprint density at radius 3 is 2.53 bits per heavy atom. The van der Waals surface area contributed by atoms with Gasteiger partial charge < -0.3 is 4.90 Å². The number of hydrogen-bond acceptors (Lipinski definition) is 2. The second kappa shape index (κ2) is 6.38. The van der Waals surface area contributed by atoms with Gasteiger partial charge in [-0.05, 0) is 24.3 Å². The summed E-state index contributed by atoms with van der Waals surface area (Å²) in [5.41, 5.74) is 0.799. The van der Waals surface area contributed by atoms with Crippen molar-refractivity contribution in [2.45, 2.75) is 32.1 Å². The van der Waals surface area contributed by atoms with Crippen LogP contribution in [0.3, 0.4) is 0 Å². The number of rotatable bonds is 3. The minimum Gasteiger partial charge on any atom is -0.341 e. The Morgan fingerprint density at radius 1 is 1.37 bits per heavy atom. The van der Waals surface area contributed by atoms with Gasteiger partial charge in [0.2, 0.25) is 5.91 Å². The smallest absolute Gasteiger partial charge is 0.244 e. The summed E-state index contributed by atoms with van der Waals surface area (Å²) in [5.74, 6) is 0.0453. The predicted octanol–water partition coefficient (Wildman–Crippen LogP) is 2.94. The first-order chi connectivity index (χ1) is 9.26. The number of carbonyl (C=O) groups excluding carboxylic acids is 1. The Labute approximate surface area is 114 Å². The van der Waals surface area contributed by atoms with Gasteiger partial charge in [0.15, 0.2) is 0 Å². The number of carbonyl (C=O) groups is 1. The molecule has 1 aromatic carbocycles. The Kier molecular flexibility index (Phi) is 4.57. The van der Waals surface area contributed by atoms with Crippen molar-refractivity contribution < 1.29 is 4.79 Å². The quantitative estimate of drug-likeness (QED) is 0.834. The van der Waals surface area contributed by atoms with Crippen molar-refractivity contribution in [1.82, 2.24) is 4.90 Å². The Morgan fingerprint density at radius 2 is 2.00 bits per heavy atom. The lowest BCUT2D eigenvalue weighted by Gasteiger charge is -2.32. The molecule has 1 saturated heterocycles. The second-order valence-corrected chi connectivity index (χ2v) is 5.15. The molecule has 0 spiro atoms. The molecule has 1 heterocycles. The van der Waals surface area contributed by atoms with Gasteiger partial charge in [-0.2, -0.15) is 5.26 Å². The predicted molar refractivity (Wildman–Crippen MR) is 74.4 cm³/mol. The number of hydrogen-bond donors (Lipinski definition) is 0. The summed E-state index contributed by atoms with van der Waals surface area (Å²) in [7, 11) is 0. The monoisotopic (exact) mass is 256 g/mol. The standard InChI is InChI=1S/C16H20N2O/c1-2-13-8-10-18(11-9-13)16(19)15(12-17)14-6-4-3-5-7-14/h3-7,13,15H,2,8-11H2,1H3. The van der Waals surface area contributed by atoms with Crippen LogP contribution in [0.4, 0.5) is 0 Å². The highest BCUT2D eigenvalue weighted by Gasteiger charge is 2.28. The topological polar surface area (TPSA) is 44.1 Å². The highest BCUT2D eigenvalue weighted by Crippen LogP contribution is 2.24. The van der Waals surface area contributed by atoms with E-state index in [1.54, 1.807) is 0 Å². The van der Waals surface area contributed by atoms with E-state index in [4.69, 9.17) is 0 Å². The van der Waals surface area contributed by atoms with Crippen LogP contribution < -0.4 is 0 Å². The van der Waals surface area contributed by atoms with Crippen molar-refractivity contribution in [3.63, 3.8) is 0 Å². The van der Waals surface area contributed by atoms with Crippen LogP contribution in [0.25, 0.3) is 0 Å². The lowest BCUT2D eigenvalue weighted by Crippen LogP contribution is -2.40. The first-order valence-corrected chi connectivity index (χ1v) is 6.99. The Hall–Kier alpha value is -1.82. The van der Waals surface area contributed by atoms with Crippen LogP contribution in [-0.4, -0.2) is 23.9 Å². The molecule has 1 amide bonds. The van der Waals surface area contributed by atoms with Crippen LogP contribution in [0.5, 0.6) is 0 Å². The van der Waals surface area contributed by atoms with E-state index in [9.17, 15) is 10.1 Å². The fourth-order valence-corrected chi connectivity index (χ4v) is 2.66. The lowest BCUT2D eigenvalue weighted by molar-refractivity contribution is -0.132. The molecule has 0 radical (unpaired) electrons. The average molecular weight is 256 g/mol. The van der Waals surface area contributed by atoms with Crippen molar-refractivity contribution in [3.8, 4) is 6.07 Å². The van der Waals surface area contributed by atoms with Gasteiger partial charge in [-0.25, -0.2) is 0 Å². The highest BCUT2D eigenvalue weighted by molar-refractivity contribution is 5.86. The molecule has 0 N–H and O–H groups in total. The van der Waals surface area contributed by atoms with Gasteiger partial charge in [0.25, 0.3) is 0 Å². The van der Waals surface area contributed by atoms with E-state index >= 15 is 0 Å². The van der Waals surface area contributed by atoms with Crippen molar-refractivity contribution in [2.75, 3.05) is 13.1 Å². The number of likely N-dealkylation sites (tertiary alicyclic amines) is 1. The molecule has 100 valence electrons. The summed E-state index contributed by atoms with van der Waals surface area (Å²) < 4.78 is 0. The number of benzene rings is 1. The second-order valence-electron chi connectivity index (χ2n) is 5.15. The SMILES string of the molecule is CCC1CCN(C(=O)C(C#N)c2ccccc2)CC1. The zero-order valence-electron chi connectivity index (χ0n) is 11.4. The minimum atomic E-state index is -0.653. The number of piperidine rings is 1. The molecule has 3 nitrogen and oxygen atoms in total. The van der Waals surface area contributed by atoms with Crippen LogP contribution in [0.15, 0.2) is 30.3 Å². The summed E-state index contributed by atoms with van der Waals surface area (Å²) in [6.45, 7) is 3.79. The van der Waals surface area contributed by atoms with Gasteiger partial charge in [-0.1, -0.05) is 43.7 Å². The maximum atomic E-state index is 12.4. The maximum Gasteiger partial charge on any atom is 0.244 e. The fourth-order valence-electron chi connectivity index (χ4n) is 2.66. The molecule has 1 aliphatic heterocycles. The number of amides is 1. The molecule has 1 atom stereocenters. The molecular formula is C16H20N2O.